The van der Waals surface area contributed by atoms with E-state index in [4.69, 9.17) is 9.47 Å². The van der Waals surface area contributed by atoms with Crippen molar-refractivity contribution in [3.8, 4) is 11.5 Å². The van der Waals surface area contributed by atoms with Crippen molar-refractivity contribution in [2.75, 3.05) is 13.7 Å². The third-order valence-electron chi connectivity index (χ3n) is 3.06. The van der Waals surface area contributed by atoms with Crippen LogP contribution in [0.3, 0.4) is 0 Å². The van der Waals surface area contributed by atoms with E-state index < -0.39 is 4.92 Å². The predicted octanol–water partition coefficient (Wildman–Crippen LogP) is 3.17. The second kappa shape index (κ2) is 6.71. The van der Waals surface area contributed by atoms with Gasteiger partial charge in [0.05, 0.1) is 12.0 Å². The monoisotopic (exact) mass is 301 g/mol. The molecule has 0 aromatic heterocycles. The first-order valence-corrected chi connectivity index (χ1v) is 6.56. The van der Waals surface area contributed by atoms with Crippen LogP contribution in [0.15, 0.2) is 42.5 Å². The SMILES string of the molecule is COc1cccc(C(=O)COc2ccc(C)cc2[N+](=O)[O-])c1. The van der Waals surface area contributed by atoms with Gasteiger partial charge in [-0.2, -0.15) is 0 Å². The third kappa shape index (κ3) is 3.60. The van der Waals surface area contributed by atoms with Crippen LogP contribution in [0.1, 0.15) is 15.9 Å². The number of Topliss-reactive ketones (excluding diaryl/α,β-unsaturated/α-hetero) is 1. The molecule has 0 radical (unpaired) electrons. The van der Waals surface area contributed by atoms with Crippen molar-refractivity contribution in [3.05, 3.63) is 63.7 Å². The molecule has 0 heterocycles. The molecule has 2 rings (SSSR count). The molecule has 0 fully saturated rings. The number of hydrogen-bond donors (Lipinski definition) is 0. The van der Waals surface area contributed by atoms with Crippen LogP contribution < -0.4 is 9.47 Å². The van der Waals surface area contributed by atoms with E-state index in [9.17, 15) is 14.9 Å². The fourth-order valence-electron chi connectivity index (χ4n) is 1.92. The van der Waals surface area contributed by atoms with Crippen LogP contribution in [0.25, 0.3) is 0 Å². The number of methoxy groups -OCH3 is 1. The molecule has 0 bridgehead atoms. The van der Waals surface area contributed by atoms with Gasteiger partial charge in [0.2, 0.25) is 0 Å². The lowest BCUT2D eigenvalue weighted by atomic mass is 10.1. The number of rotatable bonds is 6. The van der Waals surface area contributed by atoms with E-state index in [1.807, 2.05) is 0 Å². The van der Waals surface area contributed by atoms with E-state index >= 15 is 0 Å². The Morgan fingerprint density at radius 3 is 2.68 bits per heavy atom. The Morgan fingerprint density at radius 1 is 1.23 bits per heavy atom. The molecular weight excluding hydrogens is 286 g/mol. The zero-order valence-corrected chi connectivity index (χ0v) is 12.2. The summed E-state index contributed by atoms with van der Waals surface area (Å²) in [4.78, 5) is 22.6. The third-order valence-corrected chi connectivity index (χ3v) is 3.06. The van der Waals surface area contributed by atoms with Gasteiger partial charge in [-0.25, -0.2) is 0 Å². The first kappa shape index (κ1) is 15.5. The van der Waals surface area contributed by atoms with E-state index in [0.717, 1.165) is 5.56 Å². The molecule has 0 aliphatic carbocycles. The van der Waals surface area contributed by atoms with E-state index in [1.54, 1.807) is 37.3 Å². The molecule has 0 unspecified atom stereocenters. The Labute approximate surface area is 127 Å². The highest BCUT2D eigenvalue weighted by Crippen LogP contribution is 2.27. The summed E-state index contributed by atoms with van der Waals surface area (Å²) in [5.41, 5.74) is 1.02. The first-order chi connectivity index (χ1) is 10.5. The van der Waals surface area contributed by atoms with Crippen molar-refractivity contribution in [1.82, 2.24) is 0 Å². The predicted molar refractivity (Wildman–Crippen MR) is 80.7 cm³/mol. The Kier molecular flexibility index (Phi) is 4.73. The second-order valence-corrected chi connectivity index (χ2v) is 4.67. The van der Waals surface area contributed by atoms with E-state index in [2.05, 4.69) is 0 Å². The smallest absolute Gasteiger partial charge is 0.311 e. The summed E-state index contributed by atoms with van der Waals surface area (Å²) in [5, 5.41) is 11.0. The molecule has 0 aliphatic heterocycles. The highest BCUT2D eigenvalue weighted by atomic mass is 16.6. The van der Waals surface area contributed by atoms with Gasteiger partial charge in [-0.05, 0) is 30.7 Å². The van der Waals surface area contributed by atoms with Crippen molar-refractivity contribution >= 4 is 11.5 Å². The maximum absolute atomic E-state index is 12.1. The van der Waals surface area contributed by atoms with Gasteiger partial charge in [-0.15, -0.1) is 0 Å². The van der Waals surface area contributed by atoms with Crippen LogP contribution in [0.4, 0.5) is 5.69 Å². The number of hydrogen-bond acceptors (Lipinski definition) is 5. The Bertz CT molecular complexity index is 711. The lowest BCUT2D eigenvalue weighted by Crippen LogP contribution is -2.12. The van der Waals surface area contributed by atoms with Crippen LogP contribution >= 0.6 is 0 Å². The molecular formula is C16H15NO5. The summed E-state index contributed by atoms with van der Waals surface area (Å²) < 4.78 is 10.4. The number of benzene rings is 2. The number of nitro benzene ring substituents is 1. The van der Waals surface area contributed by atoms with Crippen LogP contribution in [0.5, 0.6) is 11.5 Å². The fourth-order valence-corrected chi connectivity index (χ4v) is 1.92. The van der Waals surface area contributed by atoms with Crippen LogP contribution in [-0.2, 0) is 0 Å². The zero-order valence-electron chi connectivity index (χ0n) is 12.2. The van der Waals surface area contributed by atoms with E-state index in [-0.39, 0.29) is 23.8 Å². The van der Waals surface area contributed by atoms with Gasteiger partial charge in [-0.3, -0.25) is 14.9 Å². The number of nitrogens with zero attached hydrogens (tertiary/aromatic N) is 1. The van der Waals surface area contributed by atoms with Crippen molar-refractivity contribution in [1.29, 1.82) is 0 Å². The van der Waals surface area contributed by atoms with Crippen LogP contribution in [-0.4, -0.2) is 24.4 Å². The Morgan fingerprint density at radius 2 is 2.00 bits per heavy atom. The van der Waals surface area contributed by atoms with Gasteiger partial charge in [-0.1, -0.05) is 18.2 Å². The summed E-state index contributed by atoms with van der Waals surface area (Å²) in [6.45, 7) is 1.47. The lowest BCUT2D eigenvalue weighted by Gasteiger charge is -2.07. The average Bonchev–Trinajstić information content (AvgIpc) is 2.53. The largest absolute Gasteiger partial charge is 0.497 e. The van der Waals surface area contributed by atoms with Crippen molar-refractivity contribution < 1.29 is 19.2 Å². The van der Waals surface area contributed by atoms with Crippen molar-refractivity contribution in [2.45, 2.75) is 6.92 Å². The second-order valence-electron chi connectivity index (χ2n) is 4.67. The molecule has 114 valence electrons. The number of nitro groups is 1. The molecule has 0 saturated carbocycles. The maximum Gasteiger partial charge on any atom is 0.311 e. The molecule has 0 aliphatic rings. The Balaban J connectivity index is 2.12. The topological polar surface area (TPSA) is 78.7 Å². The van der Waals surface area contributed by atoms with Crippen molar-refractivity contribution in [2.24, 2.45) is 0 Å². The summed E-state index contributed by atoms with van der Waals surface area (Å²) in [7, 11) is 1.51. The summed E-state index contributed by atoms with van der Waals surface area (Å²) in [6, 6.07) is 11.2. The van der Waals surface area contributed by atoms with Crippen LogP contribution in [0.2, 0.25) is 0 Å². The summed E-state index contributed by atoms with van der Waals surface area (Å²) in [6.07, 6.45) is 0. The molecule has 6 nitrogen and oxygen atoms in total. The minimum Gasteiger partial charge on any atom is -0.497 e. The average molecular weight is 301 g/mol. The van der Waals surface area contributed by atoms with Gasteiger partial charge in [0, 0.05) is 11.6 Å². The van der Waals surface area contributed by atoms with Gasteiger partial charge >= 0.3 is 5.69 Å². The number of aryl methyl sites for hydroxylation is 1. The maximum atomic E-state index is 12.1. The molecule has 2 aromatic carbocycles. The molecule has 0 amide bonds. The number of carbonyl (C=O) groups excluding carboxylic acids is 1. The summed E-state index contributed by atoms with van der Waals surface area (Å²) >= 11 is 0. The zero-order chi connectivity index (χ0) is 16.1. The molecule has 0 N–H and O–H groups in total. The van der Waals surface area contributed by atoms with Gasteiger partial charge in [0.15, 0.2) is 18.1 Å². The van der Waals surface area contributed by atoms with Gasteiger partial charge < -0.3 is 9.47 Å². The fraction of sp³-hybridized carbons (Fsp3) is 0.188. The normalized spacial score (nSPS) is 10.1. The molecule has 0 atom stereocenters. The number of ketones is 1. The Hall–Kier alpha value is -2.89. The number of ether oxygens (including phenoxy) is 2. The molecule has 0 spiro atoms. The molecule has 6 heteroatoms. The van der Waals surface area contributed by atoms with E-state index in [1.165, 1.54) is 19.2 Å². The first-order valence-electron chi connectivity index (χ1n) is 6.56. The van der Waals surface area contributed by atoms with Crippen LogP contribution in [0, 0.1) is 17.0 Å². The summed E-state index contributed by atoms with van der Waals surface area (Å²) in [5.74, 6) is 0.354. The van der Waals surface area contributed by atoms with E-state index in [0.29, 0.717) is 11.3 Å². The minimum atomic E-state index is -0.529. The van der Waals surface area contributed by atoms with Crippen molar-refractivity contribution in [3.63, 3.8) is 0 Å². The lowest BCUT2D eigenvalue weighted by molar-refractivity contribution is -0.385. The standard InChI is InChI=1S/C16H15NO5/c1-11-6-7-16(14(8-11)17(19)20)22-10-15(18)12-4-3-5-13(9-12)21-2/h3-9H,10H2,1-2H3. The highest BCUT2D eigenvalue weighted by Gasteiger charge is 2.17. The van der Waals surface area contributed by atoms with Gasteiger partial charge in [0.25, 0.3) is 0 Å². The van der Waals surface area contributed by atoms with Gasteiger partial charge in [0.1, 0.15) is 5.75 Å². The highest BCUT2D eigenvalue weighted by molar-refractivity contribution is 5.97. The molecule has 0 saturated heterocycles. The minimum absolute atomic E-state index is 0.0758. The number of carbonyl (C=O) groups is 1. The quantitative estimate of drug-likeness (QED) is 0.465. The molecule has 2 aromatic rings. The molecule has 22 heavy (non-hydrogen) atoms.